The van der Waals surface area contributed by atoms with Gasteiger partial charge in [-0.25, -0.2) is 0 Å². The van der Waals surface area contributed by atoms with Gasteiger partial charge in [0.05, 0.1) is 25.9 Å². The van der Waals surface area contributed by atoms with E-state index in [0.29, 0.717) is 19.4 Å². The summed E-state index contributed by atoms with van der Waals surface area (Å²) >= 11 is 0. The van der Waals surface area contributed by atoms with Crippen LogP contribution in [0.25, 0.3) is 0 Å². The Balaban J connectivity index is 1.66. The molecule has 0 amide bonds. The predicted octanol–water partition coefficient (Wildman–Crippen LogP) is 2.71. The highest BCUT2D eigenvalue weighted by atomic mass is 16.5. The van der Waals surface area contributed by atoms with Gasteiger partial charge in [0.15, 0.2) is 0 Å². The summed E-state index contributed by atoms with van der Waals surface area (Å²) in [5, 5.41) is 29.4. The van der Waals surface area contributed by atoms with Crippen LogP contribution in [0.15, 0.2) is 42.5 Å². The van der Waals surface area contributed by atoms with Gasteiger partial charge in [-0.1, -0.05) is 30.3 Å². The Kier molecular flexibility index (Phi) is 6.94. The summed E-state index contributed by atoms with van der Waals surface area (Å²) < 4.78 is 11.4. The molecule has 4 atom stereocenters. The summed E-state index contributed by atoms with van der Waals surface area (Å²) in [7, 11) is 1.67. The first kappa shape index (κ1) is 20.6. The van der Waals surface area contributed by atoms with E-state index in [0.717, 1.165) is 29.0 Å². The van der Waals surface area contributed by atoms with Gasteiger partial charge in [-0.2, -0.15) is 0 Å². The average Bonchev–Trinajstić information content (AvgIpc) is 2.70. The molecule has 0 radical (unpaired) electrons. The zero-order chi connectivity index (χ0) is 20.1. The van der Waals surface area contributed by atoms with E-state index >= 15 is 0 Å². The molecule has 2 aromatic carbocycles. The number of ether oxygens (including phenoxy) is 2. The van der Waals surface area contributed by atoms with Gasteiger partial charge in [0.2, 0.25) is 0 Å². The number of aliphatic hydroxyl groups is 3. The van der Waals surface area contributed by atoms with Crippen LogP contribution in [0, 0.1) is 18.8 Å². The van der Waals surface area contributed by atoms with Crippen molar-refractivity contribution < 1.29 is 24.8 Å². The van der Waals surface area contributed by atoms with Crippen molar-refractivity contribution in [2.45, 2.75) is 38.4 Å². The smallest absolute Gasteiger partial charge is 0.122 e. The number of hydrogen-bond donors (Lipinski definition) is 3. The van der Waals surface area contributed by atoms with Gasteiger partial charge >= 0.3 is 0 Å². The van der Waals surface area contributed by atoms with Gasteiger partial charge in [-0.15, -0.1) is 0 Å². The van der Waals surface area contributed by atoms with E-state index in [9.17, 15) is 15.3 Å². The molecule has 3 N–H and O–H groups in total. The number of benzene rings is 2. The highest BCUT2D eigenvalue weighted by molar-refractivity contribution is 5.41. The third-order valence-electron chi connectivity index (χ3n) is 5.62. The standard InChI is InChI=1S/C23H30O5/c1-15-9-16(7-8-21(15)27-2)10-18-5-3-4-6-22(18)28-14-17-11-19(13-24)23(26)20(25)12-17/h3-9,17,19-20,23-26H,10-14H2,1-2H3/t17?,19-,20-,23-/m1/s1. The van der Waals surface area contributed by atoms with Gasteiger partial charge in [-0.3, -0.25) is 0 Å². The SMILES string of the molecule is COc1ccc(Cc2ccccc2OCC2C[C@H](CO)[C@@H](O)[C@H](O)C2)cc1C. The highest BCUT2D eigenvalue weighted by Crippen LogP contribution is 2.31. The lowest BCUT2D eigenvalue weighted by Crippen LogP contribution is -2.43. The van der Waals surface area contributed by atoms with Gasteiger partial charge in [0.1, 0.15) is 11.5 Å². The molecule has 5 heteroatoms. The van der Waals surface area contributed by atoms with Crippen LogP contribution in [0.4, 0.5) is 0 Å². The number of para-hydroxylation sites is 1. The minimum Gasteiger partial charge on any atom is -0.496 e. The zero-order valence-electron chi connectivity index (χ0n) is 16.5. The quantitative estimate of drug-likeness (QED) is 0.682. The van der Waals surface area contributed by atoms with E-state index in [4.69, 9.17) is 9.47 Å². The number of rotatable bonds is 7. The van der Waals surface area contributed by atoms with Crippen molar-refractivity contribution in [3.05, 3.63) is 59.2 Å². The fourth-order valence-electron chi connectivity index (χ4n) is 4.05. The fourth-order valence-corrected chi connectivity index (χ4v) is 4.05. The maximum atomic E-state index is 10.0. The molecule has 0 aromatic heterocycles. The maximum absolute atomic E-state index is 10.0. The summed E-state index contributed by atoms with van der Waals surface area (Å²) in [6.45, 7) is 2.37. The topological polar surface area (TPSA) is 79.2 Å². The molecule has 0 saturated heterocycles. The summed E-state index contributed by atoms with van der Waals surface area (Å²) in [5.41, 5.74) is 3.39. The molecule has 3 rings (SSSR count). The van der Waals surface area contributed by atoms with Crippen molar-refractivity contribution in [2.24, 2.45) is 11.8 Å². The molecule has 0 aliphatic heterocycles. The number of aryl methyl sites for hydroxylation is 1. The fraction of sp³-hybridized carbons (Fsp3) is 0.478. The summed E-state index contributed by atoms with van der Waals surface area (Å²) in [4.78, 5) is 0. The number of aliphatic hydroxyl groups excluding tert-OH is 3. The van der Waals surface area contributed by atoms with Crippen LogP contribution in [-0.2, 0) is 6.42 Å². The second-order valence-electron chi connectivity index (χ2n) is 7.74. The van der Waals surface area contributed by atoms with Gasteiger partial charge in [-0.05, 0) is 54.5 Å². The third kappa shape index (κ3) is 4.85. The Bertz CT molecular complexity index is 775. The van der Waals surface area contributed by atoms with Crippen LogP contribution in [0.5, 0.6) is 11.5 Å². The molecule has 152 valence electrons. The van der Waals surface area contributed by atoms with Crippen molar-refractivity contribution in [1.82, 2.24) is 0 Å². The second kappa shape index (κ2) is 9.41. The Labute approximate surface area is 166 Å². The predicted molar refractivity (Wildman–Crippen MR) is 108 cm³/mol. The van der Waals surface area contributed by atoms with Crippen LogP contribution in [0.2, 0.25) is 0 Å². The van der Waals surface area contributed by atoms with Crippen molar-refractivity contribution in [1.29, 1.82) is 0 Å². The number of methoxy groups -OCH3 is 1. The first-order chi connectivity index (χ1) is 13.5. The lowest BCUT2D eigenvalue weighted by atomic mass is 9.78. The monoisotopic (exact) mass is 386 g/mol. The maximum Gasteiger partial charge on any atom is 0.122 e. The van der Waals surface area contributed by atoms with Crippen molar-refractivity contribution in [3.63, 3.8) is 0 Å². The van der Waals surface area contributed by atoms with Crippen LogP contribution >= 0.6 is 0 Å². The van der Waals surface area contributed by atoms with E-state index in [2.05, 4.69) is 18.2 Å². The van der Waals surface area contributed by atoms with E-state index in [1.165, 1.54) is 5.56 Å². The Morgan fingerprint density at radius 1 is 1.04 bits per heavy atom. The van der Waals surface area contributed by atoms with Crippen LogP contribution in [-0.4, -0.2) is 47.9 Å². The van der Waals surface area contributed by atoms with E-state index in [-0.39, 0.29) is 18.4 Å². The minimum absolute atomic E-state index is 0.104. The summed E-state index contributed by atoms with van der Waals surface area (Å²) in [6.07, 6.45) is 0.224. The molecule has 28 heavy (non-hydrogen) atoms. The summed E-state index contributed by atoms with van der Waals surface area (Å²) in [5.74, 6) is 1.52. The van der Waals surface area contributed by atoms with Gasteiger partial charge in [0, 0.05) is 18.9 Å². The first-order valence-electron chi connectivity index (χ1n) is 9.83. The molecule has 5 nitrogen and oxygen atoms in total. The molecule has 0 spiro atoms. The Morgan fingerprint density at radius 3 is 2.54 bits per heavy atom. The normalized spacial score (nSPS) is 24.8. The Morgan fingerprint density at radius 2 is 1.82 bits per heavy atom. The molecule has 1 aliphatic carbocycles. The van der Waals surface area contributed by atoms with Gasteiger partial charge in [0.25, 0.3) is 0 Å². The summed E-state index contributed by atoms with van der Waals surface area (Å²) in [6, 6.07) is 14.1. The first-order valence-corrected chi connectivity index (χ1v) is 9.83. The minimum atomic E-state index is -0.855. The average molecular weight is 386 g/mol. The van der Waals surface area contributed by atoms with E-state index in [1.54, 1.807) is 7.11 Å². The molecular weight excluding hydrogens is 356 g/mol. The van der Waals surface area contributed by atoms with Crippen molar-refractivity contribution in [3.8, 4) is 11.5 Å². The largest absolute Gasteiger partial charge is 0.496 e. The molecule has 1 fully saturated rings. The second-order valence-corrected chi connectivity index (χ2v) is 7.74. The lowest BCUT2D eigenvalue weighted by Gasteiger charge is -2.35. The third-order valence-corrected chi connectivity index (χ3v) is 5.62. The van der Waals surface area contributed by atoms with Crippen LogP contribution in [0.3, 0.4) is 0 Å². The molecule has 1 aliphatic rings. The lowest BCUT2D eigenvalue weighted by molar-refractivity contribution is -0.0798. The molecular formula is C23H30O5. The van der Waals surface area contributed by atoms with Crippen molar-refractivity contribution in [2.75, 3.05) is 20.3 Å². The molecule has 2 aromatic rings. The Hall–Kier alpha value is -2.08. The number of hydrogen-bond acceptors (Lipinski definition) is 5. The molecule has 1 unspecified atom stereocenters. The van der Waals surface area contributed by atoms with Crippen molar-refractivity contribution >= 4 is 0 Å². The molecule has 0 bridgehead atoms. The molecule has 1 saturated carbocycles. The van der Waals surface area contributed by atoms with Crippen LogP contribution < -0.4 is 9.47 Å². The molecule has 0 heterocycles. The zero-order valence-corrected chi connectivity index (χ0v) is 16.5. The van der Waals surface area contributed by atoms with E-state index < -0.39 is 12.2 Å². The van der Waals surface area contributed by atoms with Gasteiger partial charge < -0.3 is 24.8 Å². The highest BCUT2D eigenvalue weighted by Gasteiger charge is 2.35. The van der Waals surface area contributed by atoms with E-state index in [1.807, 2.05) is 31.2 Å². The van der Waals surface area contributed by atoms with Crippen LogP contribution in [0.1, 0.15) is 29.5 Å².